The molecule has 1 aromatic carbocycles. The van der Waals surface area contributed by atoms with Gasteiger partial charge in [-0.25, -0.2) is 4.98 Å². The number of thiazole rings is 1. The number of phenolic OH excluding ortho intramolecular Hbond substituents is 1. The lowest BCUT2D eigenvalue weighted by atomic mass is 9.75. The quantitative estimate of drug-likeness (QED) is 0.747. The average Bonchev–Trinajstić information content (AvgIpc) is 2.92. The van der Waals surface area contributed by atoms with Crippen molar-refractivity contribution in [3.63, 3.8) is 0 Å². The number of ketones is 1. The number of carbonyl (C=O) groups excluding carboxylic acids is 1. The zero-order valence-corrected chi connectivity index (χ0v) is 14.4. The summed E-state index contributed by atoms with van der Waals surface area (Å²) in [6.45, 7) is 2.60. The van der Waals surface area contributed by atoms with Gasteiger partial charge < -0.3 is 5.11 Å². The van der Waals surface area contributed by atoms with E-state index in [1.807, 2.05) is 0 Å². The maximum atomic E-state index is 13.3. The molecule has 128 valence electrons. The molecule has 0 amide bonds. The van der Waals surface area contributed by atoms with Crippen LogP contribution < -0.4 is 0 Å². The predicted molar refractivity (Wildman–Crippen MR) is 85.8 cm³/mol. The third kappa shape index (κ3) is 2.50. The Morgan fingerprint density at radius 1 is 1.38 bits per heavy atom. The molecule has 8 heteroatoms. The van der Waals surface area contributed by atoms with Crippen molar-refractivity contribution in [2.45, 2.75) is 32.9 Å². The number of aryl methyl sites for hydroxylation is 2. The first-order valence-electron chi connectivity index (χ1n) is 7.15. The first-order valence-corrected chi connectivity index (χ1v) is 8.35. The van der Waals surface area contributed by atoms with E-state index in [4.69, 9.17) is 11.6 Å². The number of hydrogen-bond acceptors (Lipinski definition) is 4. The van der Waals surface area contributed by atoms with Crippen molar-refractivity contribution in [1.29, 1.82) is 0 Å². The van der Waals surface area contributed by atoms with Crippen LogP contribution in [0.25, 0.3) is 10.6 Å². The van der Waals surface area contributed by atoms with Gasteiger partial charge in [0, 0.05) is 5.56 Å². The third-order valence-electron chi connectivity index (χ3n) is 4.39. The molecule has 1 atom stereocenters. The largest absolute Gasteiger partial charge is 0.506 e. The molecular weight excluding hydrogens is 363 g/mol. The van der Waals surface area contributed by atoms with Gasteiger partial charge in [-0.05, 0) is 44.4 Å². The van der Waals surface area contributed by atoms with E-state index in [2.05, 4.69) is 4.98 Å². The number of aromatic hydroxyl groups is 1. The number of fused-ring (bicyclic) bond motifs is 1. The highest BCUT2D eigenvalue weighted by molar-refractivity contribution is 7.17. The minimum absolute atomic E-state index is 0.0533. The highest BCUT2D eigenvalue weighted by atomic mass is 35.5. The van der Waals surface area contributed by atoms with E-state index in [0.29, 0.717) is 21.8 Å². The van der Waals surface area contributed by atoms with Gasteiger partial charge >= 0.3 is 6.18 Å². The van der Waals surface area contributed by atoms with Crippen LogP contribution in [-0.2, 0) is 6.42 Å². The van der Waals surface area contributed by atoms with Gasteiger partial charge in [-0.3, -0.25) is 4.79 Å². The Kier molecular flexibility index (Phi) is 3.92. The summed E-state index contributed by atoms with van der Waals surface area (Å²) in [5, 5.41) is 10.3. The molecule has 1 N–H and O–H groups in total. The summed E-state index contributed by atoms with van der Waals surface area (Å²) in [6.07, 6.45) is -4.80. The van der Waals surface area contributed by atoms with Crippen molar-refractivity contribution < 1.29 is 23.1 Å². The first-order chi connectivity index (χ1) is 11.0. The zero-order valence-electron chi connectivity index (χ0n) is 12.8. The summed E-state index contributed by atoms with van der Waals surface area (Å²) in [6, 6.07) is 3.13. The summed E-state index contributed by atoms with van der Waals surface area (Å²) >= 11 is 6.88. The number of aromatic nitrogens is 1. The second-order valence-corrected chi connectivity index (χ2v) is 7.48. The smallest absolute Gasteiger partial charge is 0.401 e. The van der Waals surface area contributed by atoms with Crippen molar-refractivity contribution in [3.8, 4) is 16.3 Å². The van der Waals surface area contributed by atoms with E-state index in [-0.39, 0.29) is 28.5 Å². The maximum absolute atomic E-state index is 13.3. The number of Topliss-reactive ketones (excluding diaryl/α,β-unsaturated/α-hetero) is 1. The second-order valence-electron chi connectivity index (χ2n) is 6.08. The molecule has 0 aliphatic heterocycles. The van der Waals surface area contributed by atoms with E-state index in [1.165, 1.54) is 6.07 Å². The van der Waals surface area contributed by atoms with E-state index in [9.17, 15) is 23.1 Å². The Balaban J connectivity index is 2.07. The van der Waals surface area contributed by atoms with Crippen LogP contribution in [0.15, 0.2) is 12.1 Å². The Hall–Kier alpha value is -1.60. The van der Waals surface area contributed by atoms with Crippen LogP contribution in [-0.4, -0.2) is 22.1 Å². The standard InChI is InChI=1S/C16H13ClF3NO2S/c1-7-5-8(6-9(17)11(7)22)14-21-10-3-4-15(2,16(18,19)20)13(23)12(10)24-14/h5-6,22H,3-4H2,1-2H3/t15-/m0/s1. The van der Waals surface area contributed by atoms with E-state index < -0.39 is 17.4 Å². The molecule has 0 radical (unpaired) electrons. The summed E-state index contributed by atoms with van der Waals surface area (Å²) < 4.78 is 39.8. The molecule has 24 heavy (non-hydrogen) atoms. The molecule has 1 aromatic heterocycles. The molecule has 3 nitrogen and oxygen atoms in total. The zero-order chi connectivity index (χ0) is 17.9. The van der Waals surface area contributed by atoms with E-state index >= 15 is 0 Å². The van der Waals surface area contributed by atoms with Crippen LogP contribution >= 0.6 is 22.9 Å². The SMILES string of the molecule is Cc1cc(-c2nc3c(s2)C(=O)[C@@](C)(C(F)(F)F)CC3)cc(Cl)c1O. The molecule has 0 fully saturated rings. The lowest BCUT2D eigenvalue weighted by molar-refractivity contribution is -0.200. The predicted octanol–water partition coefficient (Wildman–Crippen LogP) is 5.18. The van der Waals surface area contributed by atoms with Crippen LogP contribution in [0, 0.1) is 12.3 Å². The number of halogens is 4. The number of alkyl halides is 3. The van der Waals surface area contributed by atoms with Crippen molar-refractivity contribution in [1.82, 2.24) is 4.98 Å². The molecule has 0 bridgehead atoms. The summed E-state index contributed by atoms with van der Waals surface area (Å²) in [4.78, 5) is 16.8. The minimum atomic E-state index is -4.59. The highest BCUT2D eigenvalue weighted by Gasteiger charge is 2.58. The molecule has 2 aromatic rings. The maximum Gasteiger partial charge on any atom is 0.401 e. The van der Waals surface area contributed by atoms with E-state index in [1.54, 1.807) is 13.0 Å². The molecule has 0 saturated carbocycles. The summed E-state index contributed by atoms with van der Waals surface area (Å²) in [7, 11) is 0. The van der Waals surface area contributed by atoms with Gasteiger partial charge in [0.15, 0.2) is 5.78 Å². The van der Waals surface area contributed by atoms with E-state index in [0.717, 1.165) is 18.3 Å². The average molecular weight is 376 g/mol. The summed E-state index contributed by atoms with van der Waals surface area (Å²) in [5.41, 5.74) is -0.885. The first kappa shape index (κ1) is 17.2. The van der Waals surface area contributed by atoms with Crippen LogP contribution in [0.3, 0.4) is 0 Å². The van der Waals surface area contributed by atoms with Gasteiger partial charge in [-0.2, -0.15) is 13.2 Å². The number of phenols is 1. The van der Waals surface area contributed by atoms with Crippen LogP contribution in [0.1, 0.15) is 34.3 Å². The van der Waals surface area contributed by atoms with Crippen molar-refractivity contribution in [3.05, 3.63) is 33.3 Å². The Morgan fingerprint density at radius 3 is 2.62 bits per heavy atom. The summed E-state index contributed by atoms with van der Waals surface area (Å²) in [5.74, 6) is -0.982. The number of nitrogens with zero attached hydrogens (tertiary/aromatic N) is 1. The topological polar surface area (TPSA) is 50.2 Å². The van der Waals surface area contributed by atoms with Gasteiger partial charge in [-0.1, -0.05) is 11.6 Å². The Morgan fingerprint density at radius 2 is 2.04 bits per heavy atom. The lowest BCUT2D eigenvalue weighted by Crippen LogP contribution is -2.45. The Bertz CT molecular complexity index is 823. The molecule has 0 unspecified atom stereocenters. The lowest BCUT2D eigenvalue weighted by Gasteiger charge is -2.32. The van der Waals surface area contributed by atoms with Crippen LogP contribution in [0.5, 0.6) is 5.75 Å². The fraction of sp³-hybridized carbons (Fsp3) is 0.375. The van der Waals surface area contributed by atoms with Gasteiger partial charge in [0.05, 0.1) is 15.6 Å². The fourth-order valence-electron chi connectivity index (χ4n) is 2.69. The van der Waals surface area contributed by atoms with Crippen molar-refractivity contribution in [2.75, 3.05) is 0 Å². The molecule has 1 aliphatic rings. The van der Waals surface area contributed by atoms with Crippen molar-refractivity contribution in [2.24, 2.45) is 5.41 Å². The van der Waals surface area contributed by atoms with Crippen molar-refractivity contribution >= 4 is 28.7 Å². The van der Waals surface area contributed by atoms with Gasteiger partial charge in [-0.15, -0.1) is 11.3 Å². The molecule has 3 rings (SSSR count). The number of benzene rings is 1. The molecule has 1 heterocycles. The second kappa shape index (κ2) is 5.46. The van der Waals surface area contributed by atoms with Gasteiger partial charge in [0.2, 0.25) is 0 Å². The Labute approximate surface area is 145 Å². The third-order valence-corrected chi connectivity index (χ3v) is 5.83. The highest BCUT2D eigenvalue weighted by Crippen LogP contribution is 2.49. The normalized spacial score (nSPS) is 21.0. The van der Waals surface area contributed by atoms with Crippen LogP contribution in [0.4, 0.5) is 13.2 Å². The van der Waals surface area contributed by atoms with Crippen LogP contribution in [0.2, 0.25) is 5.02 Å². The number of rotatable bonds is 1. The molecule has 0 saturated heterocycles. The molecular formula is C16H13ClF3NO2S. The minimum Gasteiger partial charge on any atom is -0.506 e. The van der Waals surface area contributed by atoms with Gasteiger partial charge in [0.25, 0.3) is 0 Å². The monoisotopic (exact) mass is 375 g/mol. The number of hydrogen-bond donors (Lipinski definition) is 1. The van der Waals surface area contributed by atoms with Gasteiger partial charge in [0.1, 0.15) is 16.2 Å². The fourth-order valence-corrected chi connectivity index (χ4v) is 4.12. The molecule has 1 aliphatic carbocycles. The number of carbonyl (C=O) groups is 1. The molecule has 0 spiro atoms.